The van der Waals surface area contributed by atoms with Crippen LogP contribution in [0.25, 0.3) is 6.08 Å². The van der Waals surface area contributed by atoms with E-state index in [0.717, 1.165) is 18.2 Å². The van der Waals surface area contributed by atoms with Gasteiger partial charge in [-0.05, 0) is 34.9 Å². The molecule has 2 aromatic carbocycles. The summed E-state index contributed by atoms with van der Waals surface area (Å²) >= 11 is 23.5. The number of hydrogen-bond donors (Lipinski definition) is 1. The molecule has 32 heavy (non-hydrogen) atoms. The molecular formula is C20H13Cl4F6NO. The third-order valence-corrected chi connectivity index (χ3v) is 5.66. The highest BCUT2D eigenvalue weighted by molar-refractivity contribution is 6.48. The Labute approximate surface area is 199 Å². The molecule has 1 N–H and O–H groups in total. The van der Waals surface area contributed by atoms with Crippen molar-refractivity contribution in [3.05, 3.63) is 73.2 Å². The summed E-state index contributed by atoms with van der Waals surface area (Å²) in [4.78, 5) is 11.3. The fraction of sp³-hybridized carbons (Fsp3) is 0.250. The van der Waals surface area contributed by atoms with Crippen LogP contribution in [0.4, 0.5) is 26.3 Å². The zero-order chi connectivity index (χ0) is 24.3. The lowest BCUT2D eigenvalue weighted by Crippen LogP contribution is -2.28. The molecule has 0 fully saturated rings. The van der Waals surface area contributed by atoms with E-state index in [1.54, 1.807) is 0 Å². The lowest BCUT2D eigenvalue weighted by atomic mass is 9.97. The number of carbonyl (C=O) groups excluding carboxylic acids is 1. The van der Waals surface area contributed by atoms with E-state index in [-0.39, 0.29) is 32.2 Å². The number of rotatable bonds is 6. The van der Waals surface area contributed by atoms with Crippen LogP contribution in [-0.4, -0.2) is 18.3 Å². The molecule has 12 heteroatoms. The normalized spacial score (nSPS) is 13.4. The van der Waals surface area contributed by atoms with Crippen LogP contribution in [-0.2, 0) is 11.3 Å². The van der Waals surface area contributed by atoms with Crippen LogP contribution < -0.4 is 5.32 Å². The third kappa shape index (κ3) is 7.76. The van der Waals surface area contributed by atoms with Crippen LogP contribution in [0.2, 0.25) is 20.1 Å². The van der Waals surface area contributed by atoms with Crippen molar-refractivity contribution in [2.45, 2.75) is 31.2 Å². The first-order valence-electron chi connectivity index (χ1n) is 8.68. The Balaban J connectivity index is 2.20. The first kappa shape index (κ1) is 26.6. The van der Waals surface area contributed by atoms with E-state index in [2.05, 4.69) is 5.32 Å². The molecule has 2 aromatic rings. The fourth-order valence-corrected chi connectivity index (χ4v) is 3.49. The highest BCUT2D eigenvalue weighted by Crippen LogP contribution is 2.41. The number of nitrogens with one attached hydrogen (secondary N) is 1. The largest absolute Gasteiger partial charge is 0.399 e. The van der Waals surface area contributed by atoms with Crippen LogP contribution in [0.5, 0.6) is 0 Å². The molecule has 0 bridgehead atoms. The molecule has 0 aliphatic carbocycles. The Morgan fingerprint density at radius 2 is 1.53 bits per heavy atom. The second-order valence-electron chi connectivity index (χ2n) is 6.60. The van der Waals surface area contributed by atoms with Gasteiger partial charge in [-0.15, -0.1) is 0 Å². The van der Waals surface area contributed by atoms with Gasteiger partial charge in [0, 0.05) is 11.6 Å². The van der Waals surface area contributed by atoms with Gasteiger partial charge in [-0.1, -0.05) is 70.7 Å². The number of alkyl halides is 6. The van der Waals surface area contributed by atoms with Crippen molar-refractivity contribution in [1.29, 1.82) is 0 Å². The predicted molar refractivity (Wildman–Crippen MR) is 113 cm³/mol. The van der Waals surface area contributed by atoms with E-state index < -0.39 is 30.6 Å². The Morgan fingerprint density at radius 1 is 0.938 bits per heavy atom. The molecule has 0 heterocycles. The topological polar surface area (TPSA) is 29.1 Å². The molecule has 0 aliphatic rings. The molecule has 2 rings (SSSR count). The van der Waals surface area contributed by atoms with Crippen LogP contribution in [0.1, 0.15) is 29.0 Å². The molecule has 0 spiro atoms. The van der Waals surface area contributed by atoms with Gasteiger partial charge >= 0.3 is 12.4 Å². The molecular weight excluding hydrogens is 526 g/mol. The van der Waals surface area contributed by atoms with Crippen LogP contribution in [0, 0.1) is 0 Å². The van der Waals surface area contributed by atoms with Crippen molar-refractivity contribution in [3.8, 4) is 0 Å². The average Bonchev–Trinajstić information content (AvgIpc) is 2.63. The summed E-state index contributed by atoms with van der Waals surface area (Å²) < 4.78 is 77.3. The molecule has 1 amide bonds. The van der Waals surface area contributed by atoms with E-state index in [4.69, 9.17) is 46.4 Å². The number of allylic oxidation sites excluding steroid dienone is 1. The molecule has 0 aliphatic heterocycles. The van der Waals surface area contributed by atoms with Gasteiger partial charge in [-0.25, -0.2) is 0 Å². The van der Waals surface area contributed by atoms with E-state index in [1.807, 2.05) is 0 Å². The molecule has 1 atom stereocenters. The molecule has 2 nitrogen and oxygen atoms in total. The predicted octanol–water partition coefficient (Wildman–Crippen LogP) is 8.23. The minimum absolute atomic E-state index is 0.0561. The number of carbonyl (C=O) groups is 1. The summed E-state index contributed by atoms with van der Waals surface area (Å²) in [6.07, 6.45) is -8.89. The first-order chi connectivity index (χ1) is 14.7. The van der Waals surface area contributed by atoms with Gasteiger partial charge < -0.3 is 5.32 Å². The van der Waals surface area contributed by atoms with Crippen molar-refractivity contribution in [2.24, 2.45) is 0 Å². The van der Waals surface area contributed by atoms with E-state index in [1.165, 1.54) is 24.3 Å². The van der Waals surface area contributed by atoms with Gasteiger partial charge in [0.05, 0.1) is 21.0 Å². The Kier molecular flexibility index (Phi) is 8.78. The van der Waals surface area contributed by atoms with Crippen LogP contribution in [0.3, 0.4) is 0 Å². The highest BCUT2D eigenvalue weighted by atomic mass is 35.5. The van der Waals surface area contributed by atoms with Gasteiger partial charge in [0.2, 0.25) is 5.91 Å². The summed E-state index contributed by atoms with van der Waals surface area (Å²) in [5.41, 5.74) is 0.368. The second kappa shape index (κ2) is 10.5. The molecule has 1 unspecified atom stereocenters. The second-order valence-corrected chi connectivity index (χ2v) is 8.20. The summed E-state index contributed by atoms with van der Waals surface area (Å²) in [5.74, 6) is -3.28. The third-order valence-electron chi connectivity index (χ3n) is 4.11. The lowest BCUT2D eigenvalue weighted by molar-refractivity contribution is -0.153. The minimum Gasteiger partial charge on any atom is -0.352 e. The fourth-order valence-electron chi connectivity index (χ4n) is 2.62. The van der Waals surface area contributed by atoms with Crippen LogP contribution in [0.15, 0.2) is 36.4 Å². The highest BCUT2D eigenvalue weighted by Gasteiger charge is 2.39. The van der Waals surface area contributed by atoms with Crippen molar-refractivity contribution in [2.75, 3.05) is 0 Å². The van der Waals surface area contributed by atoms with Gasteiger partial charge in [0.15, 0.2) is 0 Å². The van der Waals surface area contributed by atoms with Gasteiger partial charge in [-0.2, -0.15) is 26.3 Å². The van der Waals surface area contributed by atoms with E-state index in [9.17, 15) is 31.1 Å². The average molecular weight is 539 g/mol. The zero-order valence-electron chi connectivity index (χ0n) is 15.7. The molecule has 0 radical (unpaired) electrons. The van der Waals surface area contributed by atoms with Gasteiger partial charge in [-0.3, -0.25) is 4.79 Å². The van der Waals surface area contributed by atoms with E-state index >= 15 is 0 Å². The van der Waals surface area contributed by atoms with E-state index in [0.29, 0.717) is 11.1 Å². The molecule has 0 saturated heterocycles. The van der Waals surface area contributed by atoms with Crippen molar-refractivity contribution in [3.63, 3.8) is 0 Å². The Bertz CT molecular complexity index is 997. The summed E-state index contributed by atoms with van der Waals surface area (Å²) in [6, 6.07) is 6.24. The summed E-state index contributed by atoms with van der Waals surface area (Å²) in [5, 5.41) is 1.81. The van der Waals surface area contributed by atoms with Crippen molar-refractivity contribution >= 4 is 58.4 Å². The van der Waals surface area contributed by atoms with Gasteiger partial charge in [0.1, 0.15) is 6.42 Å². The number of amides is 1. The maximum atomic E-state index is 13.6. The minimum atomic E-state index is -4.66. The van der Waals surface area contributed by atoms with Crippen molar-refractivity contribution < 1.29 is 31.1 Å². The molecule has 0 aromatic heterocycles. The quantitative estimate of drug-likeness (QED) is 0.291. The standard InChI is InChI=1S/C20H13Cl4F6NO/c21-14-5-10(1-3-11(14)9-31-17(32)8-19(25,26)27)2-4-13(20(28,29)30)12-6-15(22)18(24)16(23)7-12/h1-7,13H,8-9H2,(H,31,32). The SMILES string of the molecule is O=C(CC(F)(F)F)NCc1ccc(C=CC(c2cc(Cl)c(Cl)c(Cl)c2)C(F)(F)F)cc1Cl. The summed E-state index contributed by atoms with van der Waals surface area (Å²) in [6.45, 7) is -0.273. The number of benzene rings is 2. The van der Waals surface area contributed by atoms with Gasteiger partial charge in [0.25, 0.3) is 0 Å². The lowest BCUT2D eigenvalue weighted by Gasteiger charge is -2.18. The first-order valence-corrected chi connectivity index (χ1v) is 10.2. The van der Waals surface area contributed by atoms with Crippen LogP contribution >= 0.6 is 46.4 Å². The summed E-state index contributed by atoms with van der Waals surface area (Å²) in [7, 11) is 0. The maximum absolute atomic E-state index is 13.6. The number of hydrogen-bond acceptors (Lipinski definition) is 1. The molecule has 0 saturated carbocycles. The maximum Gasteiger partial charge on any atom is 0.399 e. The number of halogens is 10. The Hall–Kier alpha value is -1.61. The monoisotopic (exact) mass is 537 g/mol. The smallest absolute Gasteiger partial charge is 0.352 e. The van der Waals surface area contributed by atoms with Crippen molar-refractivity contribution in [1.82, 2.24) is 5.32 Å². The zero-order valence-corrected chi connectivity index (χ0v) is 18.7. The Morgan fingerprint density at radius 3 is 2.03 bits per heavy atom. The molecule has 174 valence electrons.